The van der Waals surface area contributed by atoms with Crippen molar-refractivity contribution in [2.75, 3.05) is 13.7 Å². The second-order valence-electron chi connectivity index (χ2n) is 2.68. The average molecular weight is 130 g/mol. The zero-order chi connectivity index (χ0) is 6.69. The minimum atomic E-state index is 0.0706. The van der Waals surface area contributed by atoms with E-state index in [-0.39, 0.29) is 6.29 Å². The minimum absolute atomic E-state index is 0.0706. The largest absolute Gasteiger partial charge is 0.356 e. The van der Waals surface area contributed by atoms with Gasteiger partial charge in [-0.15, -0.1) is 0 Å². The number of methoxy groups -OCH3 is 1. The molecule has 2 atom stereocenters. The maximum absolute atomic E-state index is 5.32. The van der Waals surface area contributed by atoms with Crippen molar-refractivity contribution in [3.63, 3.8) is 0 Å². The molecule has 9 heavy (non-hydrogen) atoms. The van der Waals surface area contributed by atoms with Gasteiger partial charge in [-0.25, -0.2) is 0 Å². The van der Waals surface area contributed by atoms with Crippen molar-refractivity contribution in [1.29, 1.82) is 0 Å². The van der Waals surface area contributed by atoms with Gasteiger partial charge in [0.15, 0.2) is 6.29 Å². The molecule has 1 saturated heterocycles. The van der Waals surface area contributed by atoms with Crippen LogP contribution in [0.15, 0.2) is 0 Å². The van der Waals surface area contributed by atoms with E-state index < -0.39 is 0 Å². The number of hydrogen-bond donors (Lipinski definition) is 0. The van der Waals surface area contributed by atoms with Crippen LogP contribution < -0.4 is 0 Å². The molecule has 0 spiro atoms. The Morgan fingerprint density at radius 2 is 2.22 bits per heavy atom. The molecule has 1 heterocycles. The summed E-state index contributed by atoms with van der Waals surface area (Å²) >= 11 is 0. The molecule has 0 bridgehead atoms. The molecular formula is C7H14O2. The van der Waals surface area contributed by atoms with Gasteiger partial charge < -0.3 is 9.47 Å². The van der Waals surface area contributed by atoms with Crippen molar-refractivity contribution in [1.82, 2.24) is 0 Å². The Hall–Kier alpha value is -0.0800. The molecule has 0 radical (unpaired) electrons. The molecule has 0 saturated carbocycles. The summed E-state index contributed by atoms with van der Waals surface area (Å²) in [6, 6.07) is 0. The van der Waals surface area contributed by atoms with Crippen LogP contribution in [-0.2, 0) is 9.47 Å². The summed E-state index contributed by atoms with van der Waals surface area (Å²) < 4.78 is 10.3. The summed E-state index contributed by atoms with van der Waals surface area (Å²) in [7, 11) is 1.70. The Bertz CT molecular complexity index is 75.0. The van der Waals surface area contributed by atoms with Gasteiger partial charge in [0.2, 0.25) is 0 Å². The number of ether oxygens (including phenoxy) is 2. The summed E-state index contributed by atoms with van der Waals surface area (Å²) in [6.45, 7) is 3.06. The smallest absolute Gasteiger partial charge is 0.157 e. The normalized spacial score (nSPS) is 36.7. The molecule has 1 aliphatic heterocycles. The van der Waals surface area contributed by atoms with Crippen LogP contribution in [0.4, 0.5) is 0 Å². The van der Waals surface area contributed by atoms with Crippen LogP contribution in [0.2, 0.25) is 0 Å². The lowest BCUT2D eigenvalue weighted by Gasteiger charge is -2.25. The van der Waals surface area contributed by atoms with Crippen molar-refractivity contribution in [3.8, 4) is 0 Å². The van der Waals surface area contributed by atoms with Gasteiger partial charge in [0, 0.05) is 7.11 Å². The molecule has 0 aromatic heterocycles. The molecule has 0 aliphatic carbocycles. The molecular weight excluding hydrogens is 116 g/mol. The van der Waals surface area contributed by atoms with E-state index in [1.165, 1.54) is 6.42 Å². The predicted octanol–water partition coefficient (Wildman–Crippen LogP) is 1.41. The zero-order valence-electron chi connectivity index (χ0n) is 6.09. The molecule has 1 fully saturated rings. The Morgan fingerprint density at radius 3 is 2.67 bits per heavy atom. The van der Waals surface area contributed by atoms with Crippen molar-refractivity contribution in [3.05, 3.63) is 0 Å². The van der Waals surface area contributed by atoms with Crippen LogP contribution in [0.3, 0.4) is 0 Å². The van der Waals surface area contributed by atoms with Crippen molar-refractivity contribution in [2.24, 2.45) is 5.92 Å². The fraction of sp³-hybridized carbons (Fsp3) is 1.00. The maximum Gasteiger partial charge on any atom is 0.157 e. The Balaban J connectivity index is 2.18. The first kappa shape index (κ1) is 7.03. The van der Waals surface area contributed by atoms with Crippen LogP contribution in [0.25, 0.3) is 0 Å². The number of hydrogen-bond acceptors (Lipinski definition) is 2. The van der Waals surface area contributed by atoms with Crippen LogP contribution in [0.1, 0.15) is 19.8 Å². The second kappa shape index (κ2) is 3.18. The highest BCUT2D eigenvalue weighted by Crippen LogP contribution is 2.17. The summed E-state index contributed by atoms with van der Waals surface area (Å²) in [5, 5.41) is 0. The van der Waals surface area contributed by atoms with E-state index in [1.807, 2.05) is 0 Å². The lowest BCUT2D eigenvalue weighted by molar-refractivity contribution is -0.157. The standard InChI is InChI=1S/C7H14O2/c1-6-3-4-7(8-2)9-5-6/h6-7H,3-5H2,1-2H3. The van der Waals surface area contributed by atoms with Gasteiger partial charge >= 0.3 is 0 Å². The lowest BCUT2D eigenvalue weighted by atomic mass is 10.0. The molecule has 0 amide bonds. The van der Waals surface area contributed by atoms with Crippen LogP contribution in [0, 0.1) is 5.92 Å². The van der Waals surface area contributed by atoms with E-state index in [0.717, 1.165) is 18.9 Å². The van der Waals surface area contributed by atoms with Gasteiger partial charge in [-0.3, -0.25) is 0 Å². The molecule has 54 valence electrons. The van der Waals surface area contributed by atoms with Crippen LogP contribution in [0.5, 0.6) is 0 Å². The first-order chi connectivity index (χ1) is 4.33. The van der Waals surface area contributed by atoms with E-state index >= 15 is 0 Å². The Kier molecular flexibility index (Phi) is 2.49. The third kappa shape index (κ3) is 1.95. The molecule has 0 N–H and O–H groups in total. The lowest BCUT2D eigenvalue weighted by Crippen LogP contribution is -2.25. The maximum atomic E-state index is 5.32. The summed E-state index contributed by atoms with van der Waals surface area (Å²) in [6.07, 6.45) is 2.36. The molecule has 1 aliphatic rings. The monoisotopic (exact) mass is 130 g/mol. The fourth-order valence-electron chi connectivity index (χ4n) is 1.04. The summed E-state index contributed by atoms with van der Waals surface area (Å²) in [5.41, 5.74) is 0. The van der Waals surface area contributed by atoms with Crippen LogP contribution >= 0.6 is 0 Å². The molecule has 0 aromatic carbocycles. The quantitative estimate of drug-likeness (QED) is 0.534. The van der Waals surface area contributed by atoms with E-state index in [1.54, 1.807) is 7.11 Å². The SMILES string of the molecule is COC1CCC(C)CO1. The van der Waals surface area contributed by atoms with E-state index in [9.17, 15) is 0 Å². The Morgan fingerprint density at radius 1 is 1.44 bits per heavy atom. The van der Waals surface area contributed by atoms with E-state index in [2.05, 4.69) is 6.92 Å². The third-order valence-electron chi connectivity index (χ3n) is 1.72. The van der Waals surface area contributed by atoms with Gasteiger partial charge in [-0.2, -0.15) is 0 Å². The Labute approximate surface area is 56.2 Å². The highest BCUT2D eigenvalue weighted by Gasteiger charge is 2.16. The molecule has 2 nitrogen and oxygen atoms in total. The average Bonchev–Trinajstić information content (AvgIpc) is 1.90. The predicted molar refractivity (Wildman–Crippen MR) is 35.1 cm³/mol. The first-order valence-corrected chi connectivity index (χ1v) is 3.47. The highest BCUT2D eigenvalue weighted by atomic mass is 16.7. The van der Waals surface area contributed by atoms with Gasteiger partial charge in [0.05, 0.1) is 6.61 Å². The first-order valence-electron chi connectivity index (χ1n) is 3.47. The van der Waals surface area contributed by atoms with Gasteiger partial charge in [0.25, 0.3) is 0 Å². The van der Waals surface area contributed by atoms with Gasteiger partial charge in [-0.05, 0) is 18.8 Å². The third-order valence-corrected chi connectivity index (χ3v) is 1.72. The highest BCUT2D eigenvalue weighted by molar-refractivity contribution is 4.59. The van der Waals surface area contributed by atoms with Crippen molar-refractivity contribution < 1.29 is 9.47 Å². The molecule has 1 rings (SSSR count). The zero-order valence-corrected chi connectivity index (χ0v) is 6.09. The van der Waals surface area contributed by atoms with E-state index in [0.29, 0.717) is 0 Å². The fourth-order valence-corrected chi connectivity index (χ4v) is 1.04. The topological polar surface area (TPSA) is 18.5 Å². The second-order valence-corrected chi connectivity index (χ2v) is 2.68. The summed E-state index contributed by atoms with van der Waals surface area (Å²) in [4.78, 5) is 0. The van der Waals surface area contributed by atoms with Gasteiger partial charge in [0.1, 0.15) is 0 Å². The van der Waals surface area contributed by atoms with E-state index in [4.69, 9.17) is 9.47 Å². The van der Waals surface area contributed by atoms with Crippen molar-refractivity contribution >= 4 is 0 Å². The molecule has 2 unspecified atom stereocenters. The molecule has 0 aromatic rings. The van der Waals surface area contributed by atoms with Crippen LogP contribution in [-0.4, -0.2) is 20.0 Å². The van der Waals surface area contributed by atoms with Crippen molar-refractivity contribution in [2.45, 2.75) is 26.1 Å². The minimum Gasteiger partial charge on any atom is -0.356 e. The number of rotatable bonds is 1. The molecule has 2 heteroatoms. The summed E-state index contributed by atoms with van der Waals surface area (Å²) in [5.74, 6) is 0.719. The van der Waals surface area contributed by atoms with Gasteiger partial charge in [-0.1, -0.05) is 6.92 Å².